The lowest BCUT2D eigenvalue weighted by atomic mass is 9.94. The fraction of sp³-hybridized carbons (Fsp3) is 0.636. The SMILES string of the molecule is CC[C@H](C)NC(=O)[C@H](C1CCCC1)N1CCN(C(=O)c2ccccc2Cl)CC1. The normalized spacial score (nSPS) is 20.8. The van der Waals surface area contributed by atoms with E-state index in [1.54, 1.807) is 12.1 Å². The highest BCUT2D eigenvalue weighted by Crippen LogP contribution is 2.31. The number of piperazine rings is 1. The van der Waals surface area contributed by atoms with Gasteiger partial charge in [0.25, 0.3) is 5.91 Å². The Morgan fingerprint density at radius 3 is 2.39 bits per heavy atom. The van der Waals surface area contributed by atoms with E-state index in [0.717, 1.165) is 32.4 Å². The van der Waals surface area contributed by atoms with Crippen molar-refractivity contribution in [3.63, 3.8) is 0 Å². The molecule has 2 amide bonds. The van der Waals surface area contributed by atoms with Crippen LogP contribution in [0.3, 0.4) is 0 Å². The molecule has 0 radical (unpaired) electrons. The molecular weight excluding hydrogens is 374 g/mol. The summed E-state index contributed by atoms with van der Waals surface area (Å²) in [5, 5.41) is 3.68. The van der Waals surface area contributed by atoms with E-state index in [2.05, 4.69) is 24.1 Å². The topological polar surface area (TPSA) is 52.7 Å². The molecule has 0 spiro atoms. The number of carbonyl (C=O) groups excluding carboxylic acids is 2. The summed E-state index contributed by atoms with van der Waals surface area (Å²) in [4.78, 5) is 30.0. The van der Waals surface area contributed by atoms with Crippen molar-refractivity contribution >= 4 is 23.4 Å². The van der Waals surface area contributed by atoms with Crippen molar-refractivity contribution in [2.75, 3.05) is 26.2 Å². The molecule has 1 heterocycles. The summed E-state index contributed by atoms with van der Waals surface area (Å²) >= 11 is 6.20. The van der Waals surface area contributed by atoms with Crippen LogP contribution in [0.5, 0.6) is 0 Å². The van der Waals surface area contributed by atoms with Gasteiger partial charge in [-0.1, -0.05) is 43.5 Å². The number of hydrogen-bond acceptors (Lipinski definition) is 3. The molecule has 1 aromatic carbocycles. The Morgan fingerprint density at radius 2 is 1.79 bits per heavy atom. The van der Waals surface area contributed by atoms with Crippen LogP contribution < -0.4 is 5.32 Å². The maximum atomic E-state index is 13.0. The van der Waals surface area contributed by atoms with Crippen LogP contribution in [0.15, 0.2) is 24.3 Å². The van der Waals surface area contributed by atoms with E-state index in [0.29, 0.717) is 29.6 Å². The van der Waals surface area contributed by atoms with Gasteiger partial charge in [-0.2, -0.15) is 0 Å². The minimum Gasteiger partial charge on any atom is -0.352 e. The van der Waals surface area contributed by atoms with Crippen LogP contribution in [0.1, 0.15) is 56.3 Å². The number of halogens is 1. The molecule has 2 aliphatic rings. The van der Waals surface area contributed by atoms with Gasteiger partial charge in [-0.3, -0.25) is 14.5 Å². The van der Waals surface area contributed by atoms with E-state index >= 15 is 0 Å². The highest BCUT2D eigenvalue weighted by Gasteiger charge is 2.37. The number of hydrogen-bond donors (Lipinski definition) is 1. The van der Waals surface area contributed by atoms with Crippen LogP contribution in [-0.2, 0) is 4.79 Å². The summed E-state index contributed by atoms with van der Waals surface area (Å²) in [6.45, 7) is 6.86. The fourth-order valence-electron chi connectivity index (χ4n) is 4.39. The average molecular weight is 406 g/mol. The summed E-state index contributed by atoms with van der Waals surface area (Å²) in [6, 6.07) is 7.32. The molecule has 2 atom stereocenters. The first-order valence-electron chi connectivity index (χ1n) is 10.6. The van der Waals surface area contributed by atoms with Crippen LogP contribution in [0.2, 0.25) is 5.02 Å². The fourth-order valence-corrected chi connectivity index (χ4v) is 4.61. The monoisotopic (exact) mass is 405 g/mol. The van der Waals surface area contributed by atoms with Crippen LogP contribution >= 0.6 is 11.6 Å². The van der Waals surface area contributed by atoms with Gasteiger partial charge < -0.3 is 10.2 Å². The summed E-state index contributed by atoms with van der Waals surface area (Å²) in [7, 11) is 0. The van der Waals surface area contributed by atoms with E-state index in [4.69, 9.17) is 11.6 Å². The number of carbonyl (C=O) groups is 2. The van der Waals surface area contributed by atoms with E-state index in [9.17, 15) is 9.59 Å². The van der Waals surface area contributed by atoms with Gasteiger partial charge in [-0.05, 0) is 44.2 Å². The molecule has 0 unspecified atom stereocenters. The smallest absolute Gasteiger partial charge is 0.255 e. The Bertz CT molecular complexity index is 682. The lowest BCUT2D eigenvalue weighted by molar-refractivity contribution is -0.129. The largest absolute Gasteiger partial charge is 0.352 e. The average Bonchev–Trinajstić information content (AvgIpc) is 3.22. The summed E-state index contributed by atoms with van der Waals surface area (Å²) in [5.41, 5.74) is 0.555. The van der Waals surface area contributed by atoms with Gasteiger partial charge in [-0.25, -0.2) is 0 Å². The molecule has 1 aliphatic carbocycles. The molecule has 28 heavy (non-hydrogen) atoms. The molecule has 154 valence electrons. The standard InChI is InChI=1S/C22H32ClN3O2/c1-3-16(2)24-21(27)20(17-8-4-5-9-17)25-12-14-26(15-13-25)22(28)18-10-6-7-11-19(18)23/h6-7,10-11,16-17,20H,3-5,8-9,12-15H2,1-2H3,(H,24,27)/t16-,20-/m0/s1. The van der Waals surface area contributed by atoms with Crippen molar-refractivity contribution in [2.45, 2.75) is 58.0 Å². The van der Waals surface area contributed by atoms with Crippen molar-refractivity contribution in [2.24, 2.45) is 5.92 Å². The molecule has 1 saturated heterocycles. The summed E-state index contributed by atoms with van der Waals surface area (Å²) in [6.07, 6.45) is 5.60. The van der Waals surface area contributed by atoms with Crippen LogP contribution in [0.4, 0.5) is 0 Å². The Hall–Kier alpha value is -1.59. The maximum absolute atomic E-state index is 13.0. The minimum absolute atomic E-state index is 0.0216. The van der Waals surface area contributed by atoms with Crippen LogP contribution in [0, 0.1) is 5.92 Å². The van der Waals surface area contributed by atoms with E-state index < -0.39 is 0 Å². The third-order valence-corrected chi connectivity index (χ3v) is 6.54. The second-order valence-corrected chi connectivity index (χ2v) is 8.52. The highest BCUT2D eigenvalue weighted by molar-refractivity contribution is 6.33. The molecular formula is C22H32ClN3O2. The van der Waals surface area contributed by atoms with Crippen molar-refractivity contribution in [3.8, 4) is 0 Å². The quantitative estimate of drug-likeness (QED) is 0.787. The number of rotatable bonds is 6. The molecule has 3 rings (SSSR count). The van der Waals surface area contributed by atoms with Gasteiger partial charge in [0.05, 0.1) is 16.6 Å². The lowest BCUT2D eigenvalue weighted by Gasteiger charge is -2.41. The van der Waals surface area contributed by atoms with E-state index in [-0.39, 0.29) is 23.9 Å². The number of nitrogens with one attached hydrogen (secondary N) is 1. The summed E-state index contributed by atoms with van der Waals surface area (Å²) in [5.74, 6) is 0.564. The predicted molar refractivity (Wildman–Crippen MR) is 113 cm³/mol. The third kappa shape index (κ3) is 4.87. The second-order valence-electron chi connectivity index (χ2n) is 8.12. The first-order valence-corrected chi connectivity index (χ1v) is 11.0. The minimum atomic E-state index is -0.0749. The van der Waals surface area contributed by atoms with Crippen molar-refractivity contribution in [3.05, 3.63) is 34.9 Å². The van der Waals surface area contributed by atoms with Crippen LogP contribution in [-0.4, -0.2) is 59.9 Å². The molecule has 1 aliphatic heterocycles. The van der Waals surface area contributed by atoms with E-state index in [1.807, 2.05) is 17.0 Å². The predicted octanol–water partition coefficient (Wildman–Crippen LogP) is 3.57. The molecule has 1 saturated carbocycles. The van der Waals surface area contributed by atoms with E-state index in [1.165, 1.54) is 12.8 Å². The zero-order chi connectivity index (χ0) is 20.1. The molecule has 0 bridgehead atoms. The number of benzene rings is 1. The van der Waals surface area contributed by atoms with Crippen LogP contribution in [0.25, 0.3) is 0 Å². The number of nitrogens with zero attached hydrogens (tertiary/aromatic N) is 2. The molecule has 6 heteroatoms. The molecule has 1 aromatic rings. The highest BCUT2D eigenvalue weighted by atomic mass is 35.5. The van der Waals surface area contributed by atoms with Gasteiger partial charge in [0.1, 0.15) is 0 Å². The lowest BCUT2D eigenvalue weighted by Crippen LogP contribution is -2.58. The van der Waals surface area contributed by atoms with Gasteiger partial charge in [-0.15, -0.1) is 0 Å². The first kappa shape index (κ1) is 21.1. The third-order valence-electron chi connectivity index (χ3n) is 6.22. The zero-order valence-corrected chi connectivity index (χ0v) is 17.8. The van der Waals surface area contributed by atoms with Gasteiger partial charge in [0.15, 0.2) is 0 Å². The Morgan fingerprint density at radius 1 is 1.14 bits per heavy atom. The number of amides is 2. The zero-order valence-electron chi connectivity index (χ0n) is 17.0. The van der Waals surface area contributed by atoms with Crippen molar-refractivity contribution in [1.29, 1.82) is 0 Å². The Kier molecular flexibility index (Phi) is 7.36. The van der Waals surface area contributed by atoms with Gasteiger partial charge in [0.2, 0.25) is 5.91 Å². The second kappa shape index (κ2) is 9.75. The molecule has 0 aromatic heterocycles. The van der Waals surface area contributed by atoms with Crippen molar-refractivity contribution < 1.29 is 9.59 Å². The maximum Gasteiger partial charge on any atom is 0.255 e. The Balaban J connectivity index is 1.65. The summed E-state index contributed by atoms with van der Waals surface area (Å²) < 4.78 is 0. The first-order chi connectivity index (χ1) is 13.5. The molecule has 2 fully saturated rings. The Labute approximate surface area is 173 Å². The molecule has 5 nitrogen and oxygen atoms in total. The van der Waals surface area contributed by atoms with Gasteiger partial charge in [0, 0.05) is 32.2 Å². The molecule has 1 N–H and O–H groups in total. The van der Waals surface area contributed by atoms with Crippen molar-refractivity contribution in [1.82, 2.24) is 15.1 Å². The van der Waals surface area contributed by atoms with Gasteiger partial charge >= 0.3 is 0 Å².